The van der Waals surface area contributed by atoms with Gasteiger partial charge in [-0.1, -0.05) is 0 Å². The SMILES string of the molecule is CCC[CH2][Sn](/[CH]=C(\c1ccccc1)C1CCc2ccccc2C1=O)([CH2]CCC)[CH2]CCC. The van der Waals surface area contributed by atoms with Crippen molar-refractivity contribution >= 4 is 29.7 Å². The summed E-state index contributed by atoms with van der Waals surface area (Å²) in [5.41, 5.74) is 4.86. The molecule has 0 heterocycles. The van der Waals surface area contributed by atoms with Crippen molar-refractivity contribution in [1.29, 1.82) is 0 Å². The minimum atomic E-state index is -2.56. The maximum absolute atomic E-state index is 13.7. The van der Waals surface area contributed by atoms with Gasteiger partial charge in [-0.2, -0.15) is 0 Å². The van der Waals surface area contributed by atoms with Crippen LogP contribution >= 0.6 is 0 Å². The molecule has 0 saturated carbocycles. The van der Waals surface area contributed by atoms with Gasteiger partial charge in [0.2, 0.25) is 0 Å². The number of hydrogen-bond donors (Lipinski definition) is 0. The molecule has 1 unspecified atom stereocenters. The number of rotatable bonds is 12. The molecule has 0 N–H and O–H groups in total. The molecule has 1 aliphatic rings. The second-order valence-electron chi connectivity index (χ2n) is 9.75. The quantitative estimate of drug-likeness (QED) is 0.247. The van der Waals surface area contributed by atoms with Crippen LogP contribution in [0.1, 0.15) is 87.2 Å². The Morgan fingerprint density at radius 3 is 2.00 bits per heavy atom. The van der Waals surface area contributed by atoms with E-state index in [1.165, 1.54) is 68.5 Å². The summed E-state index contributed by atoms with van der Waals surface area (Å²) in [7, 11) is 0. The van der Waals surface area contributed by atoms with Gasteiger partial charge in [0.15, 0.2) is 0 Å². The van der Waals surface area contributed by atoms with Crippen LogP contribution < -0.4 is 0 Å². The van der Waals surface area contributed by atoms with Crippen LogP contribution in [-0.2, 0) is 6.42 Å². The molecule has 1 aliphatic carbocycles. The second-order valence-corrected chi connectivity index (χ2v) is 22.6. The Bertz CT molecular complexity index is 861. The van der Waals surface area contributed by atoms with Gasteiger partial charge in [-0.25, -0.2) is 0 Å². The van der Waals surface area contributed by atoms with Crippen LogP contribution in [-0.4, -0.2) is 24.2 Å². The van der Waals surface area contributed by atoms with E-state index in [0.29, 0.717) is 5.78 Å². The number of allylic oxidation sites excluding steroid dienone is 1. The van der Waals surface area contributed by atoms with Crippen molar-refractivity contribution in [3.63, 3.8) is 0 Å². The molecule has 1 nitrogen and oxygen atoms in total. The molecule has 2 aromatic rings. The van der Waals surface area contributed by atoms with Crippen molar-refractivity contribution in [2.24, 2.45) is 5.92 Å². The van der Waals surface area contributed by atoms with E-state index in [1.807, 2.05) is 12.1 Å². The zero-order chi connectivity index (χ0) is 22.8. The summed E-state index contributed by atoms with van der Waals surface area (Å²) in [6.45, 7) is 7.00. The first kappa shape index (κ1) is 25.3. The van der Waals surface area contributed by atoms with Crippen LogP contribution in [0.15, 0.2) is 58.7 Å². The van der Waals surface area contributed by atoms with Crippen molar-refractivity contribution < 1.29 is 4.79 Å². The number of carbonyl (C=O) groups excluding carboxylic acids is 1. The fourth-order valence-electron chi connectivity index (χ4n) is 5.42. The number of fused-ring (bicyclic) bond motifs is 1. The van der Waals surface area contributed by atoms with Crippen LogP contribution in [0.2, 0.25) is 13.3 Å². The van der Waals surface area contributed by atoms with Gasteiger partial charge in [0.1, 0.15) is 0 Å². The summed E-state index contributed by atoms with van der Waals surface area (Å²) in [5, 5.41) is 0. The van der Waals surface area contributed by atoms with Gasteiger partial charge in [-0.05, 0) is 0 Å². The Hall–Kier alpha value is -1.35. The van der Waals surface area contributed by atoms with E-state index < -0.39 is 18.4 Å². The van der Waals surface area contributed by atoms with Gasteiger partial charge in [0.25, 0.3) is 0 Å². The van der Waals surface area contributed by atoms with Crippen molar-refractivity contribution in [3.8, 4) is 0 Å². The summed E-state index contributed by atoms with van der Waals surface area (Å²) in [6.07, 6.45) is 9.85. The number of carbonyl (C=O) groups is 1. The third-order valence-electron chi connectivity index (χ3n) is 7.33. The monoisotopic (exact) mass is 538 g/mol. The van der Waals surface area contributed by atoms with Crippen molar-refractivity contribution in [3.05, 3.63) is 75.4 Å². The van der Waals surface area contributed by atoms with Crippen molar-refractivity contribution in [2.45, 2.75) is 85.4 Å². The fourth-order valence-corrected chi connectivity index (χ4v) is 20.8. The van der Waals surface area contributed by atoms with E-state index >= 15 is 0 Å². The van der Waals surface area contributed by atoms with E-state index in [0.717, 1.165) is 18.4 Å². The van der Waals surface area contributed by atoms with Crippen LogP contribution in [0, 0.1) is 5.92 Å². The zero-order valence-corrected chi connectivity index (χ0v) is 23.4. The maximum atomic E-state index is 13.7. The number of ketones is 1. The summed E-state index contributed by atoms with van der Waals surface area (Å²) in [4.78, 5) is 13.7. The first-order valence-electron chi connectivity index (χ1n) is 13.0. The normalized spacial score (nSPS) is 16.8. The van der Waals surface area contributed by atoms with E-state index in [9.17, 15) is 4.79 Å². The molecule has 3 rings (SSSR count). The second kappa shape index (κ2) is 12.8. The first-order chi connectivity index (χ1) is 15.6. The molecule has 0 amide bonds. The molecule has 0 aromatic heterocycles. The molecule has 0 aliphatic heterocycles. The summed E-state index contributed by atoms with van der Waals surface area (Å²) < 4.78 is 7.14. The molecule has 1 atom stereocenters. The molecule has 0 spiro atoms. The van der Waals surface area contributed by atoms with E-state index in [1.54, 1.807) is 0 Å². The van der Waals surface area contributed by atoms with E-state index in [-0.39, 0.29) is 5.92 Å². The number of hydrogen-bond acceptors (Lipinski definition) is 1. The molecular formula is C30H42OSn. The predicted molar refractivity (Wildman–Crippen MR) is 142 cm³/mol. The molecule has 0 bridgehead atoms. The Kier molecular flexibility index (Phi) is 10.1. The zero-order valence-electron chi connectivity index (χ0n) is 20.5. The van der Waals surface area contributed by atoms with Crippen molar-refractivity contribution in [1.82, 2.24) is 0 Å². The Morgan fingerprint density at radius 1 is 0.844 bits per heavy atom. The van der Waals surface area contributed by atoms with Crippen molar-refractivity contribution in [2.75, 3.05) is 0 Å². The average molecular weight is 537 g/mol. The number of Topliss-reactive ketones (excluding diaryl/α,β-unsaturated/α-hetero) is 1. The van der Waals surface area contributed by atoms with Crippen LogP contribution in [0.5, 0.6) is 0 Å². The minimum absolute atomic E-state index is 0.0215. The van der Waals surface area contributed by atoms with Gasteiger partial charge in [-0.3, -0.25) is 0 Å². The van der Waals surface area contributed by atoms with Gasteiger partial charge < -0.3 is 0 Å². The number of unbranched alkanes of at least 4 members (excludes halogenated alkanes) is 3. The molecule has 172 valence electrons. The predicted octanol–water partition coefficient (Wildman–Crippen LogP) is 8.90. The van der Waals surface area contributed by atoms with E-state index in [2.05, 4.69) is 67.3 Å². The Labute approximate surface area is 200 Å². The van der Waals surface area contributed by atoms with Crippen LogP contribution in [0.3, 0.4) is 0 Å². The van der Waals surface area contributed by atoms with Gasteiger partial charge in [0.05, 0.1) is 0 Å². The summed E-state index contributed by atoms with van der Waals surface area (Å²) in [6, 6.07) is 19.2. The summed E-state index contributed by atoms with van der Waals surface area (Å²) >= 11 is -2.56. The Balaban J connectivity index is 2.09. The van der Waals surface area contributed by atoms with Gasteiger partial charge in [-0.15, -0.1) is 0 Å². The Morgan fingerprint density at radius 2 is 1.41 bits per heavy atom. The molecule has 0 radical (unpaired) electrons. The molecule has 0 saturated heterocycles. The number of aryl methyl sites for hydroxylation is 1. The first-order valence-corrected chi connectivity index (χ1v) is 20.7. The van der Waals surface area contributed by atoms with Crippen LogP contribution in [0.25, 0.3) is 5.57 Å². The third-order valence-corrected chi connectivity index (χ3v) is 21.5. The van der Waals surface area contributed by atoms with Gasteiger partial charge >= 0.3 is 201 Å². The molecule has 0 fully saturated rings. The summed E-state index contributed by atoms with van der Waals surface area (Å²) in [5.74, 6) is 0.372. The third kappa shape index (κ3) is 6.37. The average Bonchev–Trinajstić information content (AvgIpc) is 2.84. The number of benzene rings is 2. The van der Waals surface area contributed by atoms with Gasteiger partial charge in [0, 0.05) is 0 Å². The molecule has 2 aromatic carbocycles. The molecule has 32 heavy (non-hydrogen) atoms. The molecule has 2 heteroatoms. The van der Waals surface area contributed by atoms with E-state index in [4.69, 9.17) is 0 Å². The molecular weight excluding hydrogens is 495 g/mol. The van der Waals surface area contributed by atoms with Crippen LogP contribution in [0.4, 0.5) is 0 Å². The standard InChI is InChI=1S/C18H15O.3C4H9.Sn/c1-13(14-7-3-2-4-8-14)16-12-11-15-9-5-6-10-17(15)18(16)19;3*1-3-4-2;/h1-10,16H,11-12H2;3*1,3-4H2,2H3;. The topological polar surface area (TPSA) is 17.1 Å². The fraction of sp³-hybridized carbons (Fsp3) is 0.500.